The van der Waals surface area contributed by atoms with Crippen LogP contribution in [0.2, 0.25) is 0 Å². The maximum atomic E-state index is 12.9. The highest BCUT2D eigenvalue weighted by atomic mass is 19.1. The highest BCUT2D eigenvalue weighted by Crippen LogP contribution is 2.10. The van der Waals surface area contributed by atoms with Gasteiger partial charge >= 0.3 is 0 Å². The number of fused-ring (bicyclic) bond motifs is 1. The molecule has 0 bridgehead atoms. The summed E-state index contributed by atoms with van der Waals surface area (Å²) in [6.45, 7) is -0.139. The number of anilines is 1. The molecule has 2 aromatic carbocycles. The Balaban J connectivity index is 1.59. The Hall–Kier alpha value is -3.55. The lowest BCUT2D eigenvalue weighted by molar-refractivity contribution is -0.133. The number of aryl methyl sites for hydroxylation is 1. The molecular formula is C21H21FN4O3. The maximum absolute atomic E-state index is 12.9. The molecule has 3 rings (SSSR count). The lowest BCUT2D eigenvalue weighted by atomic mass is 10.2. The SMILES string of the molecule is CN(CC(=O)Nc1ccc(F)cc1)C(=O)CCc1nc2ccccc2c(=O)n1C. The Labute approximate surface area is 166 Å². The minimum Gasteiger partial charge on any atom is -0.336 e. The van der Waals surface area contributed by atoms with Crippen LogP contribution in [0.1, 0.15) is 12.2 Å². The standard InChI is InChI=1S/C21H21FN4O3/c1-25(13-19(27)23-15-9-7-14(22)8-10-15)20(28)12-11-18-24-17-6-4-3-5-16(17)21(29)26(18)2/h3-10H,11-13H2,1-2H3,(H,23,27). The summed E-state index contributed by atoms with van der Waals surface area (Å²) >= 11 is 0. The summed E-state index contributed by atoms with van der Waals surface area (Å²) in [6, 6.07) is 12.4. The van der Waals surface area contributed by atoms with Crippen LogP contribution < -0.4 is 10.9 Å². The molecule has 1 N–H and O–H groups in total. The second kappa shape index (κ2) is 8.64. The smallest absolute Gasteiger partial charge is 0.261 e. The monoisotopic (exact) mass is 396 g/mol. The van der Waals surface area contributed by atoms with Crippen LogP contribution in [-0.4, -0.2) is 39.9 Å². The largest absolute Gasteiger partial charge is 0.336 e. The van der Waals surface area contributed by atoms with Gasteiger partial charge in [-0.2, -0.15) is 0 Å². The fourth-order valence-electron chi connectivity index (χ4n) is 2.93. The van der Waals surface area contributed by atoms with Gasteiger partial charge in [0, 0.05) is 32.6 Å². The Morgan fingerprint density at radius 2 is 1.83 bits per heavy atom. The third-order valence-corrected chi connectivity index (χ3v) is 4.57. The van der Waals surface area contributed by atoms with Crippen molar-refractivity contribution in [2.75, 3.05) is 18.9 Å². The second-order valence-corrected chi connectivity index (χ2v) is 6.71. The molecular weight excluding hydrogens is 375 g/mol. The molecule has 0 saturated heterocycles. The van der Waals surface area contributed by atoms with E-state index in [1.807, 2.05) is 0 Å². The Bertz CT molecular complexity index is 1110. The maximum Gasteiger partial charge on any atom is 0.261 e. The number of nitrogens with zero attached hydrogens (tertiary/aromatic N) is 3. The first kappa shape index (κ1) is 20.2. The molecule has 0 atom stereocenters. The number of halogens is 1. The molecule has 2 amide bonds. The van der Waals surface area contributed by atoms with E-state index >= 15 is 0 Å². The van der Waals surface area contributed by atoms with Crippen molar-refractivity contribution in [1.82, 2.24) is 14.5 Å². The quantitative estimate of drug-likeness (QED) is 0.692. The number of benzene rings is 2. The average Bonchev–Trinajstić information content (AvgIpc) is 2.71. The van der Waals surface area contributed by atoms with E-state index in [-0.39, 0.29) is 36.8 Å². The van der Waals surface area contributed by atoms with Crippen LogP contribution in [0.3, 0.4) is 0 Å². The van der Waals surface area contributed by atoms with Gasteiger partial charge < -0.3 is 10.2 Å². The molecule has 0 spiro atoms. The third-order valence-electron chi connectivity index (χ3n) is 4.57. The number of hydrogen-bond donors (Lipinski definition) is 1. The predicted octanol–water partition coefficient (Wildman–Crippen LogP) is 2.10. The summed E-state index contributed by atoms with van der Waals surface area (Å²) in [5.74, 6) is -0.524. The average molecular weight is 396 g/mol. The van der Waals surface area contributed by atoms with Crippen molar-refractivity contribution in [3.8, 4) is 0 Å². The fraction of sp³-hybridized carbons (Fsp3) is 0.238. The van der Waals surface area contributed by atoms with Crippen LogP contribution in [0.5, 0.6) is 0 Å². The van der Waals surface area contributed by atoms with E-state index in [2.05, 4.69) is 10.3 Å². The van der Waals surface area contributed by atoms with Gasteiger partial charge in [0.15, 0.2) is 0 Å². The predicted molar refractivity (Wildman–Crippen MR) is 108 cm³/mol. The topological polar surface area (TPSA) is 84.3 Å². The first-order valence-corrected chi connectivity index (χ1v) is 9.09. The zero-order chi connectivity index (χ0) is 21.0. The minimum absolute atomic E-state index is 0.110. The zero-order valence-corrected chi connectivity index (χ0v) is 16.2. The van der Waals surface area contributed by atoms with Gasteiger partial charge in [0.2, 0.25) is 11.8 Å². The van der Waals surface area contributed by atoms with Crippen LogP contribution in [0.25, 0.3) is 10.9 Å². The Kier molecular flexibility index (Phi) is 6.01. The number of likely N-dealkylation sites (N-methyl/N-ethyl adjacent to an activating group) is 1. The fourth-order valence-corrected chi connectivity index (χ4v) is 2.93. The molecule has 0 aliphatic carbocycles. The van der Waals surface area contributed by atoms with E-state index < -0.39 is 5.82 Å². The zero-order valence-electron chi connectivity index (χ0n) is 16.2. The van der Waals surface area contributed by atoms with Gasteiger partial charge in [-0.25, -0.2) is 9.37 Å². The minimum atomic E-state index is -0.396. The van der Waals surface area contributed by atoms with Crippen molar-refractivity contribution in [2.24, 2.45) is 7.05 Å². The van der Waals surface area contributed by atoms with Gasteiger partial charge in [-0.15, -0.1) is 0 Å². The number of carbonyl (C=O) groups is 2. The van der Waals surface area contributed by atoms with Crippen molar-refractivity contribution in [3.63, 3.8) is 0 Å². The van der Waals surface area contributed by atoms with Crippen LogP contribution in [0.15, 0.2) is 53.3 Å². The molecule has 0 radical (unpaired) electrons. The van der Waals surface area contributed by atoms with E-state index in [1.54, 1.807) is 31.3 Å². The number of nitrogens with one attached hydrogen (secondary N) is 1. The van der Waals surface area contributed by atoms with Crippen LogP contribution in [0.4, 0.5) is 10.1 Å². The molecule has 29 heavy (non-hydrogen) atoms. The summed E-state index contributed by atoms with van der Waals surface area (Å²) in [7, 11) is 3.15. The summed E-state index contributed by atoms with van der Waals surface area (Å²) in [4.78, 5) is 42.7. The number of carbonyl (C=O) groups excluding carboxylic acids is 2. The molecule has 7 nitrogen and oxygen atoms in total. The van der Waals surface area contributed by atoms with E-state index in [1.165, 1.54) is 40.8 Å². The molecule has 0 aliphatic heterocycles. The van der Waals surface area contributed by atoms with Gasteiger partial charge in [-0.05, 0) is 36.4 Å². The Morgan fingerprint density at radius 1 is 1.14 bits per heavy atom. The Morgan fingerprint density at radius 3 is 2.55 bits per heavy atom. The van der Waals surface area contributed by atoms with E-state index in [0.29, 0.717) is 22.4 Å². The van der Waals surface area contributed by atoms with Crippen LogP contribution >= 0.6 is 0 Å². The molecule has 0 saturated carbocycles. The van der Waals surface area contributed by atoms with Gasteiger partial charge in [-0.3, -0.25) is 19.0 Å². The molecule has 0 fully saturated rings. The molecule has 3 aromatic rings. The third kappa shape index (κ3) is 4.84. The number of rotatable bonds is 6. The molecule has 1 heterocycles. The highest BCUT2D eigenvalue weighted by molar-refractivity contribution is 5.94. The first-order chi connectivity index (χ1) is 13.8. The van der Waals surface area contributed by atoms with Crippen molar-refractivity contribution in [1.29, 1.82) is 0 Å². The summed E-state index contributed by atoms with van der Waals surface area (Å²) in [5.41, 5.74) is 0.878. The lowest BCUT2D eigenvalue weighted by Gasteiger charge is -2.17. The number of para-hydroxylation sites is 1. The van der Waals surface area contributed by atoms with Gasteiger partial charge in [-0.1, -0.05) is 12.1 Å². The van der Waals surface area contributed by atoms with E-state index in [0.717, 1.165) is 0 Å². The van der Waals surface area contributed by atoms with Crippen molar-refractivity contribution in [3.05, 3.63) is 70.5 Å². The molecule has 0 aliphatic rings. The summed E-state index contributed by atoms with van der Waals surface area (Å²) < 4.78 is 14.4. The van der Waals surface area contributed by atoms with Crippen molar-refractivity contribution >= 4 is 28.4 Å². The van der Waals surface area contributed by atoms with Gasteiger partial charge in [0.1, 0.15) is 11.6 Å². The molecule has 8 heteroatoms. The number of aromatic nitrogens is 2. The second-order valence-electron chi connectivity index (χ2n) is 6.71. The van der Waals surface area contributed by atoms with Crippen LogP contribution in [0, 0.1) is 5.82 Å². The van der Waals surface area contributed by atoms with Crippen LogP contribution in [-0.2, 0) is 23.1 Å². The first-order valence-electron chi connectivity index (χ1n) is 9.09. The van der Waals surface area contributed by atoms with Gasteiger partial charge in [0.25, 0.3) is 5.56 Å². The lowest BCUT2D eigenvalue weighted by Crippen LogP contribution is -2.35. The normalized spacial score (nSPS) is 10.7. The van der Waals surface area contributed by atoms with Crippen molar-refractivity contribution < 1.29 is 14.0 Å². The molecule has 1 aromatic heterocycles. The molecule has 150 valence electrons. The summed E-state index contributed by atoms with van der Waals surface area (Å²) in [5, 5.41) is 3.14. The van der Waals surface area contributed by atoms with Gasteiger partial charge in [0.05, 0.1) is 17.4 Å². The number of hydrogen-bond acceptors (Lipinski definition) is 4. The summed E-state index contributed by atoms with van der Waals surface area (Å²) in [6.07, 6.45) is 0.387. The van der Waals surface area contributed by atoms with E-state index in [9.17, 15) is 18.8 Å². The number of amides is 2. The van der Waals surface area contributed by atoms with E-state index in [4.69, 9.17) is 0 Å². The highest BCUT2D eigenvalue weighted by Gasteiger charge is 2.15. The molecule has 0 unspecified atom stereocenters. The van der Waals surface area contributed by atoms with Crippen molar-refractivity contribution in [2.45, 2.75) is 12.8 Å².